The van der Waals surface area contributed by atoms with Crippen LogP contribution in [0.2, 0.25) is 0 Å². The molecule has 2 fully saturated rings. The second-order valence-electron chi connectivity index (χ2n) is 7.53. The van der Waals surface area contributed by atoms with Crippen LogP contribution in [-0.4, -0.2) is 61.1 Å². The average molecular weight is 424 g/mol. The van der Waals surface area contributed by atoms with E-state index >= 15 is 0 Å². The molecule has 164 valence electrons. The van der Waals surface area contributed by atoms with E-state index in [2.05, 4.69) is 36.9 Å². The van der Waals surface area contributed by atoms with Gasteiger partial charge in [0.1, 0.15) is 6.61 Å². The van der Waals surface area contributed by atoms with Crippen molar-refractivity contribution in [2.75, 3.05) is 55.1 Å². The first kappa shape index (κ1) is 20.9. The lowest BCUT2D eigenvalue weighted by Gasteiger charge is -2.20. The number of hydrazone groups is 1. The largest absolute Gasteiger partial charge is 0.493 e. The molecule has 0 atom stereocenters. The highest BCUT2D eigenvalue weighted by Crippen LogP contribution is 2.27. The summed E-state index contributed by atoms with van der Waals surface area (Å²) in [5.74, 6) is 3.19. The lowest BCUT2D eigenvalue weighted by atomic mass is 10.2. The maximum atomic E-state index is 5.59. The third kappa shape index (κ3) is 5.22. The van der Waals surface area contributed by atoms with Crippen molar-refractivity contribution >= 4 is 24.1 Å². The van der Waals surface area contributed by atoms with Crippen LogP contribution >= 0.6 is 0 Å². The summed E-state index contributed by atoms with van der Waals surface area (Å²) in [6.45, 7) is 8.00. The first-order valence-corrected chi connectivity index (χ1v) is 10.7. The van der Waals surface area contributed by atoms with Gasteiger partial charge in [-0.05, 0) is 49.4 Å². The second kappa shape index (κ2) is 10.1. The summed E-state index contributed by atoms with van der Waals surface area (Å²) in [5.41, 5.74) is 3.84. The van der Waals surface area contributed by atoms with E-state index in [0.29, 0.717) is 24.1 Å². The van der Waals surface area contributed by atoms with Crippen LogP contribution in [-0.2, 0) is 0 Å². The Morgan fingerprint density at radius 3 is 2.23 bits per heavy atom. The van der Waals surface area contributed by atoms with Crippen molar-refractivity contribution in [3.8, 4) is 11.5 Å². The quantitative estimate of drug-likeness (QED) is 0.374. The minimum atomic E-state index is 0.420. The van der Waals surface area contributed by atoms with Crippen LogP contribution in [0.3, 0.4) is 0 Å². The number of rotatable bonds is 9. The fourth-order valence-electron chi connectivity index (χ4n) is 3.72. The van der Waals surface area contributed by atoms with Crippen molar-refractivity contribution < 1.29 is 9.47 Å². The molecule has 0 amide bonds. The number of nitrogens with one attached hydrogen (secondary N) is 1. The van der Waals surface area contributed by atoms with Crippen LogP contribution in [0.15, 0.2) is 36.0 Å². The van der Waals surface area contributed by atoms with Gasteiger partial charge >= 0.3 is 0 Å². The van der Waals surface area contributed by atoms with Gasteiger partial charge in [-0.2, -0.15) is 20.1 Å². The van der Waals surface area contributed by atoms with E-state index in [4.69, 9.17) is 14.5 Å². The molecule has 31 heavy (non-hydrogen) atoms. The van der Waals surface area contributed by atoms with Gasteiger partial charge in [-0.25, -0.2) is 5.43 Å². The van der Waals surface area contributed by atoms with Crippen molar-refractivity contribution in [3.05, 3.63) is 36.4 Å². The van der Waals surface area contributed by atoms with Crippen molar-refractivity contribution in [2.24, 2.45) is 5.10 Å². The number of methoxy groups -OCH3 is 1. The molecule has 9 nitrogen and oxygen atoms in total. The highest BCUT2D eigenvalue weighted by molar-refractivity contribution is 5.81. The summed E-state index contributed by atoms with van der Waals surface area (Å²) in [4.78, 5) is 18.3. The molecule has 2 aliphatic heterocycles. The molecule has 0 unspecified atom stereocenters. The maximum Gasteiger partial charge on any atom is 0.250 e. The first-order valence-electron chi connectivity index (χ1n) is 10.7. The summed E-state index contributed by atoms with van der Waals surface area (Å²) >= 11 is 0. The predicted octanol–water partition coefficient (Wildman–Crippen LogP) is 3.09. The Morgan fingerprint density at radius 2 is 1.65 bits per heavy atom. The van der Waals surface area contributed by atoms with Crippen LogP contribution in [0.5, 0.6) is 11.5 Å². The average Bonchev–Trinajstić information content (AvgIpc) is 3.52. The second-order valence-corrected chi connectivity index (χ2v) is 7.53. The van der Waals surface area contributed by atoms with E-state index in [1.54, 1.807) is 19.4 Å². The van der Waals surface area contributed by atoms with Gasteiger partial charge < -0.3 is 19.3 Å². The van der Waals surface area contributed by atoms with Crippen molar-refractivity contribution in [1.82, 2.24) is 15.0 Å². The Kier molecular flexibility index (Phi) is 6.81. The third-order valence-corrected chi connectivity index (χ3v) is 5.31. The summed E-state index contributed by atoms with van der Waals surface area (Å²) in [7, 11) is 1.61. The summed E-state index contributed by atoms with van der Waals surface area (Å²) < 4.78 is 11.0. The number of nitrogens with zero attached hydrogens (tertiary/aromatic N) is 6. The molecule has 2 saturated heterocycles. The molecule has 3 heterocycles. The fraction of sp³-hybridized carbons (Fsp3) is 0.455. The lowest BCUT2D eigenvalue weighted by molar-refractivity contribution is 0.326. The highest BCUT2D eigenvalue weighted by atomic mass is 16.5. The Morgan fingerprint density at radius 1 is 1.00 bits per heavy atom. The van der Waals surface area contributed by atoms with Gasteiger partial charge in [0.15, 0.2) is 11.5 Å². The predicted molar refractivity (Wildman–Crippen MR) is 123 cm³/mol. The zero-order valence-electron chi connectivity index (χ0n) is 18.0. The SMILES string of the molecule is C=CCOc1ccc(/C=N\Nc2nc(N3CCCC3)nc(N3CCCC3)n2)cc1OC. The van der Waals surface area contributed by atoms with Crippen LogP contribution in [0.25, 0.3) is 0 Å². The Hall–Kier alpha value is -3.36. The Balaban J connectivity index is 1.50. The van der Waals surface area contributed by atoms with Gasteiger partial charge in [-0.3, -0.25) is 0 Å². The smallest absolute Gasteiger partial charge is 0.250 e. The number of benzene rings is 1. The zero-order valence-corrected chi connectivity index (χ0v) is 18.0. The minimum Gasteiger partial charge on any atom is -0.493 e. The first-order chi connectivity index (χ1) is 15.3. The van der Waals surface area contributed by atoms with Gasteiger partial charge in [0, 0.05) is 26.2 Å². The zero-order chi connectivity index (χ0) is 21.5. The minimum absolute atomic E-state index is 0.420. The molecule has 0 saturated carbocycles. The van der Waals surface area contributed by atoms with E-state index in [1.165, 1.54) is 25.7 Å². The molecule has 0 bridgehead atoms. The van der Waals surface area contributed by atoms with Gasteiger partial charge in [-0.1, -0.05) is 12.7 Å². The summed E-state index contributed by atoms with van der Waals surface area (Å²) in [5, 5.41) is 4.34. The molecule has 0 radical (unpaired) electrons. The standard InChI is InChI=1S/C22H29N7O2/c1-3-14-31-18-9-8-17(15-19(18)30-2)16-23-27-20-24-21(28-10-4-5-11-28)26-22(25-20)29-12-6-7-13-29/h3,8-9,15-16H,1,4-7,10-14H2,2H3,(H,24,25,26,27)/b23-16-. The monoisotopic (exact) mass is 423 g/mol. The maximum absolute atomic E-state index is 5.59. The van der Waals surface area contributed by atoms with E-state index in [-0.39, 0.29) is 0 Å². The molecule has 4 rings (SSSR count). The number of aromatic nitrogens is 3. The number of hydrogen-bond acceptors (Lipinski definition) is 9. The topological polar surface area (TPSA) is 88.0 Å². The molecular weight excluding hydrogens is 394 g/mol. The van der Waals surface area contributed by atoms with Crippen molar-refractivity contribution in [2.45, 2.75) is 25.7 Å². The van der Waals surface area contributed by atoms with E-state index in [0.717, 1.165) is 43.6 Å². The van der Waals surface area contributed by atoms with Crippen LogP contribution in [0, 0.1) is 0 Å². The normalized spacial score (nSPS) is 16.2. The summed E-state index contributed by atoms with van der Waals surface area (Å²) in [6, 6.07) is 5.62. The van der Waals surface area contributed by atoms with Crippen molar-refractivity contribution in [1.29, 1.82) is 0 Å². The van der Waals surface area contributed by atoms with Crippen LogP contribution in [0.4, 0.5) is 17.8 Å². The highest BCUT2D eigenvalue weighted by Gasteiger charge is 2.21. The fourth-order valence-corrected chi connectivity index (χ4v) is 3.72. The number of anilines is 3. The summed E-state index contributed by atoms with van der Waals surface area (Å²) in [6.07, 6.45) is 8.06. The van der Waals surface area contributed by atoms with Gasteiger partial charge in [0.05, 0.1) is 13.3 Å². The van der Waals surface area contributed by atoms with Crippen molar-refractivity contribution in [3.63, 3.8) is 0 Å². The van der Waals surface area contributed by atoms with Gasteiger partial charge in [0.25, 0.3) is 0 Å². The van der Waals surface area contributed by atoms with E-state index < -0.39 is 0 Å². The molecular formula is C22H29N7O2. The Labute approximate surface area is 182 Å². The molecule has 9 heteroatoms. The molecule has 2 aliphatic rings. The third-order valence-electron chi connectivity index (χ3n) is 5.31. The number of hydrogen-bond donors (Lipinski definition) is 1. The molecule has 1 aromatic carbocycles. The van der Waals surface area contributed by atoms with Crippen LogP contribution in [0.1, 0.15) is 31.2 Å². The van der Waals surface area contributed by atoms with Crippen LogP contribution < -0.4 is 24.7 Å². The van der Waals surface area contributed by atoms with Gasteiger partial charge in [-0.15, -0.1) is 0 Å². The molecule has 2 aromatic rings. The lowest BCUT2D eigenvalue weighted by Crippen LogP contribution is -2.25. The molecule has 1 aromatic heterocycles. The Bertz CT molecular complexity index is 888. The number of ether oxygens (including phenoxy) is 2. The van der Waals surface area contributed by atoms with Gasteiger partial charge in [0.2, 0.25) is 17.8 Å². The molecule has 1 N–H and O–H groups in total. The molecule has 0 spiro atoms. The van der Waals surface area contributed by atoms with E-state index in [1.807, 2.05) is 18.2 Å². The molecule has 0 aliphatic carbocycles. The van der Waals surface area contributed by atoms with E-state index in [9.17, 15) is 0 Å².